The second-order valence-corrected chi connectivity index (χ2v) is 12.6. The first-order valence-electron chi connectivity index (χ1n) is 17.0. The highest BCUT2D eigenvalue weighted by molar-refractivity contribution is 6.23. The van der Waals surface area contributed by atoms with Crippen molar-refractivity contribution in [3.63, 3.8) is 0 Å². The lowest BCUT2D eigenvalue weighted by Crippen LogP contribution is -2.00. The summed E-state index contributed by atoms with van der Waals surface area (Å²) in [5.41, 5.74) is 13.1. The highest BCUT2D eigenvalue weighted by atomic mass is 15.1. The smallest absolute Gasteiger partial charge is 0.114 e. The number of hydrogen-bond acceptors (Lipinski definition) is 1. The molecule has 0 atom stereocenters. The summed E-state index contributed by atoms with van der Waals surface area (Å²) in [6.07, 6.45) is 0.862. The van der Waals surface area contributed by atoms with Crippen LogP contribution in [0.2, 0.25) is 0 Å². The molecule has 9 aromatic rings. The van der Waals surface area contributed by atoms with Crippen molar-refractivity contribution in [2.75, 3.05) is 0 Å². The van der Waals surface area contributed by atoms with E-state index in [9.17, 15) is 0 Å². The zero-order valence-electron chi connectivity index (χ0n) is 27.3. The van der Waals surface area contributed by atoms with Crippen LogP contribution < -0.4 is 0 Å². The molecule has 0 spiro atoms. The van der Waals surface area contributed by atoms with Crippen LogP contribution in [0.3, 0.4) is 0 Å². The van der Waals surface area contributed by atoms with Crippen molar-refractivity contribution >= 4 is 32.6 Å². The molecule has 0 amide bonds. The largest absolute Gasteiger partial charge is 0.296 e. The lowest BCUT2D eigenvalue weighted by Gasteiger charge is -2.20. The number of aryl methyl sites for hydroxylation is 1. The van der Waals surface area contributed by atoms with E-state index in [0.717, 1.165) is 29.0 Å². The molecule has 0 aliphatic rings. The Morgan fingerprint density at radius 2 is 1.00 bits per heavy atom. The molecule has 1 aromatic heterocycles. The first kappa shape index (κ1) is 28.9. The van der Waals surface area contributed by atoms with Gasteiger partial charge in [-0.3, -0.25) is 4.57 Å². The van der Waals surface area contributed by atoms with Crippen molar-refractivity contribution in [2.24, 2.45) is 0 Å². The van der Waals surface area contributed by atoms with Crippen LogP contribution in [-0.2, 0) is 6.42 Å². The molecule has 1 heterocycles. The van der Waals surface area contributed by atoms with E-state index in [2.05, 4.69) is 187 Å². The summed E-state index contributed by atoms with van der Waals surface area (Å²) >= 11 is 0. The Balaban J connectivity index is 1.32. The van der Waals surface area contributed by atoms with Crippen molar-refractivity contribution in [1.29, 1.82) is 0 Å². The number of aromatic nitrogens is 2. The molecule has 0 unspecified atom stereocenters. The Morgan fingerprint density at radius 3 is 1.73 bits per heavy atom. The molecule has 2 nitrogen and oxygen atoms in total. The Labute approximate surface area is 286 Å². The summed E-state index contributed by atoms with van der Waals surface area (Å²) in [5.74, 6) is 1.07. The standard InChI is InChI=1S/C47H34N2/c1-2-45-48-43-23-13-14-24-44(43)49(45)36-28-25-34(26-29-36)46-39-21-11-12-22-40(39)47(38-20-10-9-19-37(38)33-17-7-4-8-18-33)42-31-35(27-30-41(42)46)32-15-5-3-6-16-32/h3-31H,2H2,1H3. The van der Waals surface area contributed by atoms with Gasteiger partial charge < -0.3 is 0 Å². The van der Waals surface area contributed by atoms with Crippen LogP contribution in [0.1, 0.15) is 12.7 Å². The topological polar surface area (TPSA) is 17.8 Å². The summed E-state index contributed by atoms with van der Waals surface area (Å²) in [4.78, 5) is 4.93. The van der Waals surface area contributed by atoms with Gasteiger partial charge in [-0.2, -0.15) is 0 Å². The lowest BCUT2D eigenvalue weighted by atomic mass is 9.83. The van der Waals surface area contributed by atoms with Crippen LogP contribution in [0.4, 0.5) is 0 Å². The number of nitrogens with zero attached hydrogens (tertiary/aromatic N) is 2. The molecule has 9 rings (SSSR count). The van der Waals surface area contributed by atoms with Gasteiger partial charge in [0, 0.05) is 12.1 Å². The van der Waals surface area contributed by atoms with E-state index in [-0.39, 0.29) is 0 Å². The van der Waals surface area contributed by atoms with Gasteiger partial charge in [0.25, 0.3) is 0 Å². The van der Waals surface area contributed by atoms with Crippen molar-refractivity contribution in [3.05, 3.63) is 182 Å². The average Bonchev–Trinajstić information content (AvgIpc) is 3.56. The molecule has 0 saturated carbocycles. The minimum atomic E-state index is 0.862. The van der Waals surface area contributed by atoms with E-state index in [4.69, 9.17) is 4.98 Å². The van der Waals surface area contributed by atoms with Gasteiger partial charge in [0.1, 0.15) is 5.82 Å². The van der Waals surface area contributed by atoms with Gasteiger partial charge in [-0.05, 0) is 96.4 Å². The van der Waals surface area contributed by atoms with E-state index in [1.165, 1.54) is 66.1 Å². The van der Waals surface area contributed by atoms with Gasteiger partial charge in [0.15, 0.2) is 0 Å². The fraction of sp³-hybridized carbons (Fsp3) is 0.0426. The molecule has 0 aliphatic carbocycles. The molecule has 0 radical (unpaired) electrons. The fourth-order valence-corrected chi connectivity index (χ4v) is 7.54. The minimum Gasteiger partial charge on any atom is -0.296 e. The third-order valence-corrected chi connectivity index (χ3v) is 9.77. The zero-order chi connectivity index (χ0) is 32.7. The highest BCUT2D eigenvalue weighted by Gasteiger charge is 2.20. The van der Waals surface area contributed by atoms with Gasteiger partial charge >= 0.3 is 0 Å². The molecule has 0 bridgehead atoms. The van der Waals surface area contributed by atoms with E-state index in [1.54, 1.807) is 0 Å². The van der Waals surface area contributed by atoms with Crippen molar-refractivity contribution in [2.45, 2.75) is 13.3 Å². The van der Waals surface area contributed by atoms with E-state index in [1.807, 2.05) is 0 Å². The summed E-state index contributed by atoms with van der Waals surface area (Å²) in [6, 6.07) is 63.7. The predicted molar refractivity (Wildman–Crippen MR) is 207 cm³/mol. The van der Waals surface area contributed by atoms with Gasteiger partial charge in [-0.15, -0.1) is 0 Å². The van der Waals surface area contributed by atoms with Gasteiger partial charge in [0.05, 0.1) is 11.0 Å². The minimum absolute atomic E-state index is 0.862. The van der Waals surface area contributed by atoms with Crippen LogP contribution >= 0.6 is 0 Å². The summed E-state index contributed by atoms with van der Waals surface area (Å²) < 4.78 is 2.30. The molecule has 0 saturated heterocycles. The quantitative estimate of drug-likeness (QED) is 0.168. The van der Waals surface area contributed by atoms with Crippen LogP contribution in [0.25, 0.3) is 82.8 Å². The van der Waals surface area contributed by atoms with Crippen LogP contribution in [0.5, 0.6) is 0 Å². The zero-order valence-corrected chi connectivity index (χ0v) is 27.3. The average molecular weight is 627 g/mol. The SMILES string of the molecule is CCc1nc2ccccc2n1-c1ccc(-c2c3ccccc3c(-c3ccccc3-c3ccccc3)c3cc(-c4ccccc4)ccc23)cc1. The van der Waals surface area contributed by atoms with Gasteiger partial charge in [0.2, 0.25) is 0 Å². The van der Waals surface area contributed by atoms with Crippen molar-refractivity contribution < 1.29 is 0 Å². The first-order chi connectivity index (χ1) is 24.3. The molecular weight excluding hydrogens is 593 g/mol. The third-order valence-electron chi connectivity index (χ3n) is 9.77. The fourth-order valence-electron chi connectivity index (χ4n) is 7.54. The predicted octanol–water partition coefficient (Wildman–Crippen LogP) is 12.6. The maximum atomic E-state index is 4.93. The number of para-hydroxylation sites is 2. The normalized spacial score (nSPS) is 11.4. The Kier molecular flexibility index (Phi) is 7.13. The maximum absolute atomic E-state index is 4.93. The molecule has 0 N–H and O–H groups in total. The Hall–Kier alpha value is -6.25. The highest BCUT2D eigenvalue weighted by Crippen LogP contribution is 2.47. The molecule has 49 heavy (non-hydrogen) atoms. The summed E-state index contributed by atoms with van der Waals surface area (Å²) in [7, 11) is 0. The van der Waals surface area contributed by atoms with Crippen molar-refractivity contribution in [3.8, 4) is 50.2 Å². The summed E-state index contributed by atoms with van der Waals surface area (Å²) in [6.45, 7) is 2.17. The molecule has 0 aliphatic heterocycles. The third kappa shape index (κ3) is 4.92. The first-order valence-corrected chi connectivity index (χ1v) is 17.0. The molecule has 232 valence electrons. The van der Waals surface area contributed by atoms with E-state index < -0.39 is 0 Å². The van der Waals surface area contributed by atoms with Crippen LogP contribution in [0, 0.1) is 0 Å². The Bertz CT molecular complexity index is 2610. The van der Waals surface area contributed by atoms with E-state index >= 15 is 0 Å². The summed E-state index contributed by atoms with van der Waals surface area (Å²) in [5, 5.41) is 4.98. The monoisotopic (exact) mass is 626 g/mol. The number of benzene rings is 8. The van der Waals surface area contributed by atoms with Crippen molar-refractivity contribution in [1.82, 2.24) is 9.55 Å². The van der Waals surface area contributed by atoms with Gasteiger partial charge in [-0.1, -0.05) is 153 Å². The molecule has 8 aromatic carbocycles. The van der Waals surface area contributed by atoms with Gasteiger partial charge in [-0.25, -0.2) is 4.98 Å². The number of imidazole rings is 1. The molecule has 2 heteroatoms. The maximum Gasteiger partial charge on any atom is 0.114 e. The Morgan fingerprint density at radius 1 is 0.429 bits per heavy atom. The molecule has 0 fully saturated rings. The number of rotatable bonds is 6. The molecular formula is C47H34N2. The second kappa shape index (κ2) is 12.1. The van der Waals surface area contributed by atoms with E-state index in [0.29, 0.717) is 0 Å². The van der Waals surface area contributed by atoms with Crippen LogP contribution in [0.15, 0.2) is 176 Å². The lowest BCUT2D eigenvalue weighted by molar-refractivity contribution is 0.908. The second-order valence-electron chi connectivity index (χ2n) is 12.6. The number of fused-ring (bicyclic) bond motifs is 3. The van der Waals surface area contributed by atoms with Crippen LogP contribution in [-0.4, -0.2) is 9.55 Å². The number of hydrogen-bond donors (Lipinski definition) is 0.